The number of carbonyl (C=O) groups is 2. The molecule has 0 saturated carbocycles. The molecule has 0 unspecified atom stereocenters. The van der Waals surface area contributed by atoms with E-state index in [0.717, 1.165) is 24.6 Å². The summed E-state index contributed by atoms with van der Waals surface area (Å²) in [6.07, 6.45) is 0.158. The molecule has 24 heavy (non-hydrogen) atoms. The maximum absolute atomic E-state index is 14.1. The lowest BCUT2D eigenvalue weighted by atomic mass is 10.1. The summed E-state index contributed by atoms with van der Waals surface area (Å²) in [7, 11) is 0. The van der Waals surface area contributed by atoms with Gasteiger partial charge in [-0.25, -0.2) is 4.39 Å². The topological polar surface area (TPSA) is 69.3 Å². The molecule has 2 aliphatic rings. The van der Waals surface area contributed by atoms with Crippen molar-refractivity contribution in [3.63, 3.8) is 0 Å². The van der Waals surface area contributed by atoms with E-state index in [1.807, 2.05) is 16.7 Å². The first kappa shape index (κ1) is 15.4. The Morgan fingerprint density at radius 2 is 2.12 bits per heavy atom. The normalized spacial score (nSPS) is 21.7. The number of rotatable bonds is 2. The van der Waals surface area contributed by atoms with E-state index >= 15 is 0 Å². The van der Waals surface area contributed by atoms with Crippen LogP contribution in [0.15, 0.2) is 18.2 Å². The molecule has 2 amide bonds. The van der Waals surface area contributed by atoms with Crippen molar-refractivity contribution in [2.75, 3.05) is 36.0 Å². The Hall–Kier alpha value is -2.09. The van der Waals surface area contributed by atoms with E-state index in [-0.39, 0.29) is 36.5 Å². The lowest BCUT2D eigenvalue weighted by Crippen LogP contribution is -2.42. The van der Waals surface area contributed by atoms with Crippen LogP contribution in [0.2, 0.25) is 0 Å². The van der Waals surface area contributed by atoms with E-state index in [2.05, 4.69) is 10.2 Å². The third-order valence-corrected chi connectivity index (χ3v) is 5.51. The van der Waals surface area contributed by atoms with E-state index in [9.17, 15) is 14.0 Å². The summed E-state index contributed by atoms with van der Waals surface area (Å²) in [5, 5.41) is 7.16. The highest BCUT2D eigenvalue weighted by Crippen LogP contribution is 2.32. The second kappa shape index (κ2) is 6.08. The average molecular weight is 348 g/mol. The van der Waals surface area contributed by atoms with Gasteiger partial charge in [-0.3, -0.25) is 19.6 Å². The first-order valence-electron chi connectivity index (χ1n) is 7.94. The number of anilines is 1. The SMILES string of the molecule is O=C([C@H]1CC(=O)N(c2n[nH]c3cccc(F)c23)C1)N1CCSCC1. The van der Waals surface area contributed by atoms with Gasteiger partial charge in [-0.05, 0) is 12.1 Å². The van der Waals surface area contributed by atoms with Crippen molar-refractivity contribution in [2.24, 2.45) is 5.92 Å². The van der Waals surface area contributed by atoms with Crippen LogP contribution in [0.25, 0.3) is 10.9 Å². The quantitative estimate of drug-likeness (QED) is 0.896. The molecule has 2 aromatic rings. The molecule has 0 aliphatic carbocycles. The first-order chi connectivity index (χ1) is 11.6. The van der Waals surface area contributed by atoms with E-state index in [4.69, 9.17) is 0 Å². The van der Waals surface area contributed by atoms with Crippen molar-refractivity contribution in [2.45, 2.75) is 6.42 Å². The van der Waals surface area contributed by atoms with Crippen molar-refractivity contribution in [1.82, 2.24) is 15.1 Å². The zero-order valence-corrected chi connectivity index (χ0v) is 13.8. The van der Waals surface area contributed by atoms with Crippen LogP contribution >= 0.6 is 11.8 Å². The van der Waals surface area contributed by atoms with Gasteiger partial charge in [-0.15, -0.1) is 0 Å². The number of fused-ring (bicyclic) bond motifs is 1. The molecule has 0 radical (unpaired) electrons. The lowest BCUT2D eigenvalue weighted by molar-refractivity contribution is -0.135. The van der Waals surface area contributed by atoms with Gasteiger partial charge < -0.3 is 4.90 Å². The number of nitrogens with one attached hydrogen (secondary N) is 1. The monoisotopic (exact) mass is 348 g/mol. The van der Waals surface area contributed by atoms with Crippen LogP contribution in [-0.4, -0.2) is 58.1 Å². The molecule has 2 aliphatic heterocycles. The molecule has 1 aromatic heterocycles. The van der Waals surface area contributed by atoms with Crippen LogP contribution in [0.4, 0.5) is 10.2 Å². The number of nitrogens with zero attached hydrogens (tertiary/aromatic N) is 3. The van der Waals surface area contributed by atoms with Crippen molar-refractivity contribution < 1.29 is 14.0 Å². The number of halogens is 1. The molecule has 1 N–H and O–H groups in total. The zero-order valence-electron chi connectivity index (χ0n) is 13.0. The maximum Gasteiger partial charge on any atom is 0.229 e. The van der Waals surface area contributed by atoms with Gasteiger partial charge in [0.2, 0.25) is 11.8 Å². The Labute approximate surface area is 142 Å². The van der Waals surface area contributed by atoms with Crippen molar-refractivity contribution >= 4 is 40.3 Å². The molecule has 126 valence electrons. The van der Waals surface area contributed by atoms with Crippen LogP contribution < -0.4 is 4.90 Å². The highest BCUT2D eigenvalue weighted by molar-refractivity contribution is 7.99. The number of H-pyrrole nitrogens is 1. The fraction of sp³-hybridized carbons (Fsp3) is 0.438. The minimum Gasteiger partial charge on any atom is -0.341 e. The number of thioether (sulfide) groups is 1. The summed E-state index contributed by atoms with van der Waals surface area (Å²) in [6, 6.07) is 4.64. The molecular formula is C16H17FN4O2S. The number of hydrogen-bond acceptors (Lipinski definition) is 4. The Bertz CT molecular complexity index is 802. The number of carbonyl (C=O) groups excluding carboxylic acids is 2. The molecule has 8 heteroatoms. The van der Waals surface area contributed by atoms with Crippen molar-refractivity contribution in [3.05, 3.63) is 24.0 Å². The Morgan fingerprint density at radius 3 is 2.92 bits per heavy atom. The van der Waals surface area contributed by atoms with Gasteiger partial charge in [0.05, 0.1) is 16.8 Å². The Balaban J connectivity index is 1.58. The summed E-state index contributed by atoms with van der Waals surface area (Å²) in [4.78, 5) is 28.3. The predicted octanol–water partition coefficient (Wildman–Crippen LogP) is 1.63. The molecule has 2 fully saturated rings. The number of aromatic nitrogens is 2. The fourth-order valence-electron chi connectivity index (χ4n) is 3.33. The van der Waals surface area contributed by atoms with Gasteiger partial charge in [0.15, 0.2) is 5.82 Å². The van der Waals surface area contributed by atoms with Crippen LogP contribution in [0.3, 0.4) is 0 Å². The Morgan fingerprint density at radius 1 is 1.33 bits per heavy atom. The molecule has 6 nitrogen and oxygen atoms in total. The average Bonchev–Trinajstić information content (AvgIpc) is 3.19. The fourth-order valence-corrected chi connectivity index (χ4v) is 4.23. The van der Waals surface area contributed by atoms with E-state index in [0.29, 0.717) is 10.9 Å². The summed E-state index contributed by atoms with van der Waals surface area (Å²) in [5.41, 5.74) is 0.542. The third-order valence-electron chi connectivity index (χ3n) is 4.57. The first-order valence-corrected chi connectivity index (χ1v) is 9.10. The second-order valence-corrected chi connectivity index (χ2v) is 7.28. The Kier molecular flexibility index (Phi) is 3.91. The minimum atomic E-state index is -0.424. The van der Waals surface area contributed by atoms with Gasteiger partial charge in [-0.2, -0.15) is 16.9 Å². The summed E-state index contributed by atoms with van der Waals surface area (Å²) in [6.45, 7) is 1.72. The van der Waals surface area contributed by atoms with Gasteiger partial charge in [0.25, 0.3) is 0 Å². The standard InChI is InChI=1S/C16H17FN4O2S/c17-11-2-1-3-12-14(11)15(19-18-12)21-9-10(8-13(21)22)16(23)20-4-6-24-7-5-20/h1-3,10H,4-9H2,(H,18,19)/t10-/m0/s1. The van der Waals surface area contributed by atoms with Crippen molar-refractivity contribution in [1.29, 1.82) is 0 Å². The molecule has 2 saturated heterocycles. The molecular weight excluding hydrogens is 331 g/mol. The van der Waals surface area contributed by atoms with Gasteiger partial charge in [0.1, 0.15) is 5.82 Å². The molecule has 0 spiro atoms. The second-order valence-electron chi connectivity index (χ2n) is 6.05. The predicted molar refractivity (Wildman–Crippen MR) is 90.4 cm³/mol. The van der Waals surface area contributed by atoms with Crippen LogP contribution in [0.5, 0.6) is 0 Å². The number of hydrogen-bond donors (Lipinski definition) is 1. The van der Waals surface area contributed by atoms with Gasteiger partial charge in [-0.1, -0.05) is 6.07 Å². The number of amides is 2. The lowest BCUT2D eigenvalue weighted by Gasteiger charge is -2.28. The smallest absolute Gasteiger partial charge is 0.229 e. The highest BCUT2D eigenvalue weighted by atomic mass is 32.2. The summed E-state index contributed by atoms with van der Waals surface area (Å²) in [5.74, 6) is 1.18. The van der Waals surface area contributed by atoms with Crippen molar-refractivity contribution in [3.8, 4) is 0 Å². The summed E-state index contributed by atoms with van der Waals surface area (Å²) >= 11 is 1.83. The van der Waals surface area contributed by atoms with E-state index < -0.39 is 5.82 Å². The number of aromatic amines is 1. The van der Waals surface area contributed by atoms with Crippen LogP contribution in [0, 0.1) is 11.7 Å². The molecule has 1 aromatic carbocycles. The van der Waals surface area contributed by atoms with Crippen LogP contribution in [0.1, 0.15) is 6.42 Å². The zero-order chi connectivity index (χ0) is 16.7. The van der Waals surface area contributed by atoms with Gasteiger partial charge >= 0.3 is 0 Å². The maximum atomic E-state index is 14.1. The van der Waals surface area contributed by atoms with E-state index in [1.54, 1.807) is 12.1 Å². The highest BCUT2D eigenvalue weighted by Gasteiger charge is 2.39. The molecule has 4 rings (SSSR count). The molecule has 0 bridgehead atoms. The van der Waals surface area contributed by atoms with Crippen LogP contribution in [-0.2, 0) is 9.59 Å². The third kappa shape index (κ3) is 2.54. The number of benzene rings is 1. The molecule has 3 heterocycles. The van der Waals surface area contributed by atoms with E-state index in [1.165, 1.54) is 11.0 Å². The molecule has 1 atom stereocenters. The summed E-state index contributed by atoms with van der Waals surface area (Å²) < 4.78 is 14.1. The minimum absolute atomic E-state index is 0.0199. The van der Waals surface area contributed by atoms with Gasteiger partial charge in [0, 0.05) is 37.6 Å². The largest absolute Gasteiger partial charge is 0.341 e.